The van der Waals surface area contributed by atoms with Crippen molar-refractivity contribution in [1.82, 2.24) is 0 Å². The molecule has 1 aliphatic rings. The van der Waals surface area contributed by atoms with Gasteiger partial charge < -0.3 is 4.74 Å². The second-order valence-electron chi connectivity index (χ2n) is 5.68. The highest BCUT2D eigenvalue weighted by atomic mass is 19.1. The predicted molar refractivity (Wildman–Crippen MR) is 77.1 cm³/mol. The maximum atomic E-state index is 13.4. The van der Waals surface area contributed by atoms with Gasteiger partial charge in [0.15, 0.2) is 5.78 Å². The monoisotopic (exact) mass is 278 g/mol. The Morgan fingerprint density at radius 1 is 1.35 bits per heavy atom. The van der Waals surface area contributed by atoms with Gasteiger partial charge in [0.25, 0.3) is 0 Å². The Labute approximate surface area is 120 Å². The minimum absolute atomic E-state index is 0.0475. The summed E-state index contributed by atoms with van der Waals surface area (Å²) >= 11 is 0. The van der Waals surface area contributed by atoms with E-state index in [0.29, 0.717) is 5.56 Å². The van der Waals surface area contributed by atoms with Gasteiger partial charge in [-0.3, -0.25) is 4.79 Å². The van der Waals surface area contributed by atoms with Crippen molar-refractivity contribution in [1.29, 1.82) is 0 Å². The van der Waals surface area contributed by atoms with Crippen LogP contribution in [0.15, 0.2) is 24.3 Å². The average Bonchev–Trinajstić information content (AvgIpc) is 2.48. The number of ketones is 1. The van der Waals surface area contributed by atoms with Gasteiger partial charge in [0.05, 0.1) is 6.10 Å². The molecule has 0 saturated heterocycles. The van der Waals surface area contributed by atoms with E-state index in [4.69, 9.17) is 4.74 Å². The minimum atomic E-state index is -0.315. The summed E-state index contributed by atoms with van der Waals surface area (Å²) in [5, 5.41) is 0. The summed E-state index contributed by atoms with van der Waals surface area (Å²) in [6.07, 6.45) is 6.08. The summed E-state index contributed by atoms with van der Waals surface area (Å²) in [6.45, 7) is 2.31. The third-order valence-electron chi connectivity index (χ3n) is 4.14. The van der Waals surface area contributed by atoms with Crippen LogP contribution in [0.4, 0.5) is 4.39 Å². The van der Waals surface area contributed by atoms with Crippen molar-refractivity contribution < 1.29 is 13.9 Å². The van der Waals surface area contributed by atoms with E-state index >= 15 is 0 Å². The molecule has 0 spiro atoms. The van der Waals surface area contributed by atoms with Crippen molar-refractivity contribution in [3.05, 3.63) is 35.6 Å². The van der Waals surface area contributed by atoms with E-state index in [9.17, 15) is 9.18 Å². The molecule has 0 heterocycles. The predicted octanol–water partition coefficient (Wildman–Crippen LogP) is 3.92. The van der Waals surface area contributed by atoms with Gasteiger partial charge in [0, 0.05) is 6.42 Å². The van der Waals surface area contributed by atoms with Crippen molar-refractivity contribution in [2.45, 2.75) is 51.6 Å². The summed E-state index contributed by atoms with van der Waals surface area (Å²) in [6, 6.07) is 6.42. The van der Waals surface area contributed by atoms with Crippen molar-refractivity contribution in [3.8, 4) is 0 Å². The summed E-state index contributed by atoms with van der Waals surface area (Å²) < 4.78 is 19.2. The Morgan fingerprint density at radius 2 is 2.15 bits per heavy atom. The highest BCUT2D eigenvalue weighted by Crippen LogP contribution is 2.28. The molecule has 0 amide bonds. The molecule has 2 unspecified atom stereocenters. The summed E-state index contributed by atoms with van der Waals surface area (Å²) in [7, 11) is 0. The maximum Gasteiger partial charge on any atom is 0.162 e. The summed E-state index contributed by atoms with van der Waals surface area (Å²) in [4.78, 5) is 11.9. The molecule has 1 fully saturated rings. The third-order valence-corrected chi connectivity index (χ3v) is 4.14. The van der Waals surface area contributed by atoms with Gasteiger partial charge in [-0.05, 0) is 30.4 Å². The smallest absolute Gasteiger partial charge is 0.162 e. The van der Waals surface area contributed by atoms with E-state index in [0.717, 1.165) is 18.8 Å². The van der Waals surface area contributed by atoms with Crippen LogP contribution in [-0.2, 0) is 16.0 Å². The molecule has 1 saturated carbocycles. The second-order valence-corrected chi connectivity index (χ2v) is 5.68. The lowest BCUT2D eigenvalue weighted by Crippen LogP contribution is -2.25. The highest BCUT2D eigenvalue weighted by Gasteiger charge is 2.22. The van der Waals surface area contributed by atoms with Gasteiger partial charge in [-0.1, -0.05) is 44.4 Å². The Balaban J connectivity index is 1.76. The molecule has 3 heteroatoms. The molecule has 20 heavy (non-hydrogen) atoms. The number of ether oxygens (including phenoxy) is 1. The van der Waals surface area contributed by atoms with E-state index in [1.54, 1.807) is 18.2 Å². The Hall–Kier alpha value is -1.22. The zero-order valence-corrected chi connectivity index (χ0v) is 12.1. The van der Waals surface area contributed by atoms with Crippen LogP contribution in [0, 0.1) is 11.7 Å². The van der Waals surface area contributed by atoms with E-state index in [-0.39, 0.29) is 30.7 Å². The van der Waals surface area contributed by atoms with Crippen LogP contribution in [0.2, 0.25) is 0 Å². The van der Waals surface area contributed by atoms with Gasteiger partial charge in [-0.25, -0.2) is 4.39 Å². The number of carbonyl (C=O) groups is 1. The molecule has 110 valence electrons. The Kier molecular flexibility index (Phi) is 5.72. The van der Waals surface area contributed by atoms with Crippen LogP contribution in [-0.4, -0.2) is 18.5 Å². The zero-order chi connectivity index (χ0) is 14.4. The molecule has 2 atom stereocenters. The van der Waals surface area contributed by atoms with Crippen LogP contribution in [0.1, 0.15) is 44.6 Å². The van der Waals surface area contributed by atoms with Gasteiger partial charge in [0.1, 0.15) is 12.4 Å². The normalized spacial score (nSPS) is 22.7. The van der Waals surface area contributed by atoms with Gasteiger partial charge in [0.2, 0.25) is 0 Å². The minimum Gasteiger partial charge on any atom is -0.370 e. The van der Waals surface area contributed by atoms with Crippen molar-refractivity contribution in [3.63, 3.8) is 0 Å². The quantitative estimate of drug-likeness (QED) is 0.788. The molecular formula is C17H23FO2. The lowest BCUT2D eigenvalue weighted by Gasteiger charge is -2.28. The first-order valence-corrected chi connectivity index (χ1v) is 7.55. The van der Waals surface area contributed by atoms with Crippen molar-refractivity contribution >= 4 is 5.78 Å². The molecule has 1 aliphatic carbocycles. The molecule has 0 aliphatic heterocycles. The number of hydrogen-bond acceptors (Lipinski definition) is 2. The topological polar surface area (TPSA) is 26.3 Å². The van der Waals surface area contributed by atoms with Crippen molar-refractivity contribution in [2.75, 3.05) is 6.61 Å². The molecule has 2 nitrogen and oxygen atoms in total. The lowest BCUT2D eigenvalue weighted by atomic mass is 9.85. The van der Waals surface area contributed by atoms with Gasteiger partial charge in [-0.2, -0.15) is 0 Å². The summed E-state index contributed by atoms with van der Waals surface area (Å²) in [5.41, 5.74) is 0.455. The molecule has 1 aromatic rings. The van der Waals surface area contributed by atoms with Crippen LogP contribution >= 0.6 is 0 Å². The van der Waals surface area contributed by atoms with Crippen LogP contribution in [0.3, 0.4) is 0 Å². The fourth-order valence-corrected chi connectivity index (χ4v) is 2.88. The zero-order valence-electron chi connectivity index (χ0n) is 12.1. The summed E-state index contributed by atoms with van der Waals surface area (Å²) in [5.74, 6) is 0.369. The first-order chi connectivity index (χ1) is 9.69. The number of benzene rings is 1. The Bertz CT molecular complexity index is 444. The number of Topliss-reactive ketones (excluding diaryl/α,β-unsaturated/α-hetero) is 1. The van der Waals surface area contributed by atoms with Gasteiger partial charge in [-0.15, -0.1) is 0 Å². The molecule has 0 N–H and O–H groups in total. The molecule has 0 aromatic heterocycles. The van der Waals surface area contributed by atoms with E-state index in [2.05, 4.69) is 6.92 Å². The standard InChI is InChI=1S/C17H23FO2/c1-2-13-6-5-8-16(10-13)20-12-15(19)11-14-7-3-4-9-17(14)18/h3-4,7,9,13,16H,2,5-6,8,10-12H2,1H3. The molecule has 0 radical (unpaired) electrons. The molecule has 1 aromatic carbocycles. The third kappa shape index (κ3) is 4.41. The number of rotatable bonds is 6. The second kappa shape index (κ2) is 7.53. The van der Waals surface area contributed by atoms with Crippen LogP contribution in [0.25, 0.3) is 0 Å². The van der Waals surface area contributed by atoms with Gasteiger partial charge >= 0.3 is 0 Å². The fourth-order valence-electron chi connectivity index (χ4n) is 2.88. The number of hydrogen-bond donors (Lipinski definition) is 0. The van der Waals surface area contributed by atoms with Crippen LogP contribution in [0.5, 0.6) is 0 Å². The Morgan fingerprint density at radius 3 is 2.90 bits per heavy atom. The molecule has 0 bridgehead atoms. The highest BCUT2D eigenvalue weighted by molar-refractivity contribution is 5.82. The van der Waals surface area contributed by atoms with E-state index < -0.39 is 0 Å². The first kappa shape index (κ1) is 15.2. The number of carbonyl (C=O) groups excluding carboxylic acids is 1. The molecular weight excluding hydrogens is 255 g/mol. The van der Waals surface area contributed by atoms with E-state index in [1.165, 1.54) is 25.3 Å². The molecule has 2 rings (SSSR count). The largest absolute Gasteiger partial charge is 0.370 e. The lowest BCUT2D eigenvalue weighted by molar-refractivity contribution is -0.126. The van der Waals surface area contributed by atoms with Crippen molar-refractivity contribution in [2.24, 2.45) is 5.92 Å². The average molecular weight is 278 g/mol. The SMILES string of the molecule is CCC1CCCC(OCC(=O)Cc2ccccc2F)C1. The van der Waals surface area contributed by atoms with E-state index in [1.807, 2.05) is 0 Å². The number of halogens is 1. The first-order valence-electron chi connectivity index (χ1n) is 7.55. The maximum absolute atomic E-state index is 13.4. The van der Waals surface area contributed by atoms with Crippen LogP contribution < -0.4 is 0 Å². The fraction of sp³-hybridized carbons (Fsp3) is 0.588.